The average molecular weight is 552 g/mol. The van der Waals surface area contributed by atoms with E-state index in [-0.39, 0.29) is 0 Å². The Bertz CT molecular complexity index is 1180. The minimum Gasteiger partial charge on any atom is -0.135 e. The highest BCUT2D eigenvalue weighted by molar-refractivity contribution is 9.10. The summed E-state index contributed by atoms with van der Waals surface area (Å²) in [7, 11) is 0. The zero-order valence-corrected chi connectivity index (χ0v) is 20.6. The molecule has 2 aromatic heterocycles. The second-order valence-corrected chi connectivity index (χ2v) is 10.9. The first-order valence-corrected chi connectivity index (χ1v) is 12.7. The van der Waals surface area contributed by atoms with E-state index >= 15 is 0 Å². The van der Waals surface area contributed by atoms with Gasteiger partial charge < -0.3 is 0 Å². The van der Waals surface area contributed by atoms with Gasteiger partial charge >= 0.3 is 0 Å². The van der Waals surface area contributed by atoms with Gasteiger partial charge in [-0.3, -0.25) is 0 Å². The van der Waals surface area contributed by atoms with E-state index in [1.165, 1.54) is 41.8 Å². The molecule has 5 aromatic rings. The summed E-state index contributed by atoms with van der Waals surface area (Å²) < 4.78 is 2.21. The van der Waals surface area contributed by atoms with Crippen molar-refractivity contribution in [2.75, 3.05) is 0 Å². The Labute approximate surface area is 201 Å². The maximum absolute atomic E-state index is 3.51. The third-order valence-corrected chi connectivity index (χ3v) is 8.35. The van der Waals surface area contributed by atoms with Gasteiger partial charge in [0, 0.05) is 28.5 Å². The lowest BCUT2D eigenvalue weighted by atomic mass is 10.1. The third kappa shape index (κ3) is 4.23. The number of thiophene rings is 2. The lowest BCUT2D eigenvalue weighted by Crippen LogP contribution is -1.74. The first-order chi connectivity index (χ1) is 14.7. The first-order valence-electron chi connectivity index (χ1n) is 9.48. The fourth-order valence-corrected chi connectivity index (χ4v) is 5.89. The summed E-state index contributed by atoms with van der Waals surface area (Å²) in [6.07, 6.45) is 0. The highest BCUT2D eigenvalue weighted by Gasteiger charge is 2.08. The summed E-state index contributed by atoms with van der Waals surface area (Å²) in [5, 5.41) is 0. The molecule has 0 bridgehead atoms. The average Bonchev–Trinajstić information content (AvgIpc) is 3.45. The van der Waals surface area contributed by atoms with Gasteiger partial charge in [0.1, 0.15) is 0 Å². The molecule has 0 amide bonds. The van der Waals surface area contributed by atoms with Gasteiger partial charge in [0.25, 0.3) is 0 Å². The van der Waals surface area contributed by atoms with Crippen molar-refractivity contribution in [2.45, 2.75) is 0 Å². The zero-order chi connectivity index (χ0) is 20.5. The highest BCUT2D eigenvalue weighted by Crippen LogP contribution is 2.38. The predicted octanol–water partition coefficient (Wildman–Crippen LogP) is 10.0. The van der Waals surface area contributed by atoms with Crippen LogP contribution >= 0.6 is 54.5 Å². The molecule has 30 heavy (non-hydrogen) atoms. The molecule has 4 heteroatoms. The fraction of sp³-hybridized carbons (Fsp3) is 0. The minimum absolute atomic E-state index is 1.11. The van der Waals surface area contributed by atoms with Crippen molar-refractivity contribution in [3.8, 4) is 41.8 Å². The van der Waals surface area contributed by atoms with Crippen molar-refractivity contribution in [1.29, 1.82) is 0 Å². The van der Waals surface area contributed by atoms with E-state index in [1.807, 2.05) is 22.7 Å². The summed E-state index contributed by atoms with van der Waals surface area (Å²) in [6, 6.07) is 34.7. The van der Waals surface area contributed by atoms with Crippen LogP contribution in [0.5, 0.6) is 0 Å². The van der Waals surface area contributed by atoms with Gasteiger partial charge in [0.05, 0.1) is 0 Å². The van der Waals surface area contributed by atoms with Crippen LogP contribution in [0.1, 0.15) is 0 Å². The Morgan fingerprint density at radius 1 is 0.333 bits per heavy atom. The molecule has 0 atom stereocenters. The van der Waals surface area contributed by atoms with Gasteiger partial charge in [-0.05, 0) is 70.8 Å². The van der Waals surface area contributed by atoms with E-state index in [1.54, 1.807) is 0 Å². The third-order valence-electron chi connectivity index (χ3n) is 4.92. The molecule has 3 aromatic carbocycles. The second-order valence-electron chi connectivity index (χ2n) is 6.92. The lowest BCUT2D eigenvalue weighted by molar-refractivity contribution is 1.65. The van der Waals surface area contributed by atoms with Gasteiger partial charge in [0.2, 0.25) is 0 Å². The summed E-state index contributed by atoms with van der Waals surface area (Å²) in [5.74, 6) is 0. The molecular formula is C26H16Br2S2. The number of hydrogen-bond donors (Lipinski definition) is 0. The van der Waals surface area contributed by atoms with Gasteiger partial charge in [-0.25, -0.2) is 0 Å². The molecule has 0 saturated carbocycles. The van der Waals surface area contributed by atoms with Crippen LogP contribution < -0.4 is 0 Å². The minimum atomic E-state index is 1.11. The molecule has 0 aliphatic heterocycles. The Morgan fingerprint density at radius 3 is 0.833 bits per heavy atom. The molecule has 0 N–H and O–H groups in total. The van der Waals surface area contributed by atoms with Gasteiger partial charge in [-0.15, -0.1) is 22.7 Å². The Hall–Kier alpha value is -1.98. The quantitative estimate of drug-likeness (QED) is 0.208. The number of rotatable bonds is 4. The summed E-state index contributed by atoms with van der Waals surface area (Å²) in [6.45, 7) is 0. The molecule has 0 saturated heterocycles. The molecule has 0 spiro atoms. The van der Waals surface area contributed by atoms with Crippen LogP contribution in [0, 0.1) is 0 Å². The zero-order valence-electron chi connectivity index (χ0n) is 15.8. The molecule has 0 aliphatic carbocycles. The molecule has 0 fully saturated rings. The molecule has 0 radical (unpaired) electrons. The Morgan fingerprint density at radius 2 is 0.567 bits per heavy atom. The normalized spacial score (nSPS) is 11.0. The molecule has 2 heterocycles. The number of halogens is 2. The summed E-state index contributed by atoms with van der Waals surface area (Å²) in [4.78, 5) is 5.17. The van der Waals surface area contributed by atoms with Crippen molar-refractivity contribution in [3.05, 3.63) is 106 Å². The van der Waals surface area contributed by atoms with E-state index < -0.39 is 0 Å². The van der Waals surface area contributed by atoms with Crippen LogP contribution in [0.4, 0.5) is 0 Å². The van der Waals surface area contributed by atoms with Crippen LogP contribution in [0.25, 0.3) is 41.8 Å². The standard InChI is InChI=1S/C26H16Br2S2/c27-21-9-5-19(6-10-21)25-15-13-23(29-25)17-1-2-18(4-3-17)24-14-16-26(30-24)20-7-11-22(28)12-8-20/h1-16H. The molecular weight excluding hydrogens is 536 g/mol. The van der Waals surface area contributed by atoms with Crippen LogP contribution in [-0.2, 0) is 0 Å². The van der Waals surface area contributed by atoms with Gasteiger partial charge in [-0.2, -0.15) is 0 Å². The van der Waals surface area contributed by atoms with E-state index in [0.717, 1.165) is 8.95 Å². The van der Waals surface area contributed by atoms with E-state index in [2.05, 4.69) is 129 Å². The molecule has 0 aliphatic rings. The van der Waals surface area contributed by atoms with Crippen LogP contribution in [0.2, 0.25) is 0 Å². The van der Waals surface area contributed by atoms with Crippen molar-refractivity contribution in [1.82, 2.24) is 0 Å². The lowest BCUT2D eigenvalue weighted by Gasteiger charge is -2.02. The smallest absolute Gasteiger partial charge is 0.0349 e. The fourth-order valence-electron chi connectivity index (χ4n) is 3.32. The molecule has 5 rings (SSSR count). The van der Waals surface area contributed by atoms with Crippen molar-refractivity contribution < 1.29 is 0 Å². The van der Waals surface area contributed by atoms with Crippen LogP contribution in [-0.4, -0.2) is 0 Å². The Balaban J connectivity index is 1.37. The van der Waals surface area contributed by atoms with Crippen molar-refractivity contribution >= 4 is 54.5 Å². The van der Waals surface area contributed by atoms with Crippen LogP contribution in [0.15, 0.2) is 106 Å². The van der Waals surface area contributed by atoms with E-state index in [9.17, 15) is 0 Å². The highest BCUT2D eigenvalue weighted by atomic mass is 79.9. The summed E-state index contributed by atoms with van der Waals surface area (Å²) in [5.41, 5.74) is 5.03. The summed E-state index contributed by atoms with van der Waals surface area (Å²) >= 11 is 10.7. The number of hydrogen-bond acceptors (Lipinski definition) is 2. The predicted molar refractivity (Wildman–Crippen MR) is 139 cm³/mol. The first kappa shape index (κ1) is 20.0. The van der Waals surface area contributed by atoms with E-state index in [4.69, 9.17) is 0 Å². The largest absolute Gasteiger partial charge is 0.135 e. The van der Waals surface area contributed by atoms with Crippen LogP contribution in [0.3, 0.4) is 0 Å². The van der Waals surface area contributed by atoms with Crippen molar-refractivity contribution in [2.24, 2.45) is 0 Å². The number of benzene rings is 3. The second kappa shape index (κ2) is 8.64. The monoisotopic (exact) mass is 550 g/mol. The van der Waals surface area contributed by atoms with Gasteiger partial charge in [-0.1, -0.05) is 80.4 Å². The maximum atomic E-state index is 3.51. The van der Waals surface area contributed by atoms with Gasteiger partial charge in [0.15, 0.2) is 0 Å². The Kier molecular flexibility index (Phi) is 5.74. The molecule has 0 unspecified atom stereocenters. The molecule has 0 nitrogen and oxygen atoms in total. The van der Waals surface area contributed by atoms with Crippen molar-refractivity contribution in [3.63, 3.8) is 0 Å². The maximum Gasteiger partial charge on any atom is 0.0349 e. The van der Waals surface area contributed by atoms with E-state index in [0.29, 0.717) is 0 Å². The molecule has 146 valence electrons. The SMILES string of the molecule is Brc1ccc(-c2ccc(-c3ccc(-c4ccc(-c5ccc(Br)cc5)s4)cc3)s2)cc1. The topological polar surface area (TPSA) is 0 Å².